The lowest BCUT2D eigenvalue weighted by Crippen LogP contribution is -2.30. The quantitative estimate of drug-likeness (QED) is 0.433. The summed E-state index contributed by atoms with van der Waals surface area (Å²) in [4.78, 5) is 0. The van der Waals surface area contributed by atoms with Crippen LogP contribution >= 0.6 is 0 Å². The SMILES string of the molecule is CCCC1CC[C@@H]2C[C@H](c3cc(F)c(-c4cc(F)c(OC)c(F)c4)c(F)c3)CC[C@@H]2C1. The highest BCUT2D eigenvalue weighted by molar-refractivity contribution is 5.66. The first kappa shape index (κ1) is 22.2. The van der Waals surface area contributed by atoms with Gasteiger partial charge in [-0.2, -0.15) is 0 Å². The molecular formula is C26H30F4O. The van der Waals surface area contributed by atoms with Gasteiger partial charge < -0.3 is 4.74 Å². The van der Waals surface area contributed by atoms with E-state index in [1.165, 1.54) is 44.2 Å². The number of fused-ring (bicyclic) bond motifs is 1. The molecule has 1 unspecified atom stereocenters. The molecule has 0 bridgehead atoms. The maximum absolute atomic E-state index is 15.0. The zero-order valence-corrected chi connectivity index (χ0v) is 18.2. The molecule has 2 aliphatic rings. The van der Waals surface area contributed by atoms with Crippen molar-refractivity contribution in [1.82, 2.24) is 0 Å². The molecule has 5 heteroatoms. The number of halogens is 4. The van der Waals surface area contributed by atoms with Crippen molar-refractivity contribution < 1.29 is 22.3 Å². The molecule has 2 aromatic carbocycles. The molecule has 2 fully saturated rings. The zero-order valence-electron chi connectivity index (χ0n) is 18.2. The van der Waals surface area contributed by atoms with Crippen molar-refractivity contribution >= 4 is 0 Å². The Balaban J connectivity index is 1.55. The first-order valence-corrected chi connectivity index (χ1v) is 11.4. The van der Waals surface area contributed by atoms with Crippen molar-refractivity contribution in [1.29, 1.82) is 0 Å². The van der Waals surface area contributed by atoms with Gasteiger partial charge in [0, 0.05) is 0 Å². The molecular weight excluding hydrogens is 404 g/mol. The van der Waals surface area contributed by atoms with E-state index >= 15 is 0 Å². The van der Waals surface area contributed by atoms with E-state index in [1.807, 2.05) is 0 Å². The smallest absolute Gasteiger partial charge is 0.190 e. The van der Waals surface area contributed by atoms with Crippen LogP contribution in [0.25, 0.3) is 11.1 Å². The number of benzene rings is 2. The molecule has 0 amide bonds. The van der Waals surface area contributed by atoms with E-state index in [4.69, 9.17) is 0 Å². The lowest BCUT2D eigenvalue weighted by Gasteiger charge is -2.42. The van der Waals surface area contributed by atoms with Gasteiger partial charge in [-0.05, 0) is 91.2 Å². The van der Waals surface area contributed by atoms with E-state index in [2.05, 4.69) is 11.7 Å². The topological polar surface area (TPSA) is 9.23 Å². The van der Waals surface area contributed by atoms with Crippen molar-refractivity contribution in [3.8, 4) is 16.9 Å². The Morgan fingerprint density at radius 3 is 2.03 bits per heavy atom. The van der Waals surface area contributed by atoms with Crippen LogP contribution in [0, 0.1) is 41.0 Å². The van der Waals surface area contributed by atoms with Crippen LogP contribution < -0.4 is 4.74 Å². The van der Waals surface area contributed by atoms with Crippen LogP contribution in [0.1, 0.15) is 69.8 Å². The summed E-state index contributed by atoms with van der Waals surface area (Å²) in [6.45, 7) is 2.24. The summed E-state index contributed by atoms with van der Waals surface area (Å²) < 4.78 is 62.7. The summed E-state index contributed by atoms with van der Waals surface area (Å²) in [6.07, 6.45) is 9.31. The van der Waals surface area contributed by atoms with E-state index in [0.717, 1.165) is 50.3 Å². The summed E-state index contributed by atoms with van der Waals surface area (Å²) in [5.74, 6) is -1.78. The molecule has 0 saturated heterocycles. The number of ether oxygens (including phenoxy) is 1. The van der Waals surface area contributed by atoms with Gasteiger partial charge in [0.2, 0.25) is 0 Å². The normalized spacial score (nSPS) is 25.9. The average molecular weight is 435 g/mol. The fraction of sp³-hybridized carbons (Fsp3) is 0.538. The number of rotatable bonds is 5. The van der Waals surface area contributed by atoms with Gasteiger partial charge >= 0.3 is 0 Å². The fourth-order valence-electron chi connectivity index (χ4n) is 5.96. The first-order chi connectivity index (χ1) is 14.9. The van der Waals surface area contributed by atoms with Crippen molar-refractivity contribution in [2.75, 3.05) is 7.11 Å². The van der Waals surface area contributed by atoms with Crippen molar-refractivity contribution in [2.24, 2.45) is 17.8 Å². The lowest BCUT2D eigenvalue weighted by atomic mass is 9.63. The highest BCUT2D eigenvalue weighted by atomic mass is 19.1. The predicted molar refractivity (Wildman–Crippen MR) is 114 cm³/mol. The lowest BCUT2D eigenvalue weighted by molar-refractivity contribution is 0.114. The maximum atomic E-state index is 15.0. The Hall–Kier alpha value is -2.04. The molecule has 0 N–H and O–H groups in total. The molecule has 0 aromatic heterocycles. The minimum absolute atomic E-state index is 0.131. The van der Waals surface area contributed by atoms with E-state index in [1.54, 1.807) is 0 Å². The van der Waals surface area contributed by atoms with Crippen molar-refractivity contribution in [2.45, 2.75) is 64.2 Å². The van der Waals surface area contributed by atoms with Gasteiger partial charge in [-0.15, -0.1) is 0 Å². The minimum atomic E-state index is -0.989. The highest BCUT2D eigenvalue weighted by Crippen LogP contribution is 2.48. The van der Waals surface area contributed by atoms with Crippen LogP contribution in [-0.4, -0.2) is 7.11 Å². The maximum Gasteiger partial charge on any atom is 0.190 e. The Morgan fingerprint density at radius 2 is 1.42 bits per heavy atom. The van der Waals surface area contributed by atoms with E-state index in [-0.39, 0.29) is 11.5 Å². The molecule has 2 saturated carbocycles. The third-order valence-electron chi connectivity index (χ3n) is 7.45. The van der Waals surface area contributed by atoms with Crippen LogP contribution in [-0.2, 0) is 0 Å². The Bertz CT molecular complexity index is 895. The molecule has 2 aromatic rings. The predicted octanol–water partition coefficient (Wildman–Crippen LogP) is 8.02. The molecule has 0 aliphatic heterocycles. The molecule has 31 heavy (non-hydrogen) atoms. The third kappa shape index (κ3) is 4.47. The molecule has 4 atom stereocenters. The Morgan fingerprint density at radius 1 is 0.806 bits per heavy atom. The van der Waals surface area contributed by atoms with Gasteiger partial charge in [0.1, 0.15) is 11.6 Å². The van der Waals surface area contributed by atoms with Gasteiger partial charge in [0.15, 0.2) is 17.4 Å². The second-order valence-corrected chi connectivity index (χ2v) is 9.33. The Kier molecular flexibility index (Phi) is 6.59. The number of hydrogen-bond acceptors (Lipinski definition) is 1. The second-order valence-electron chi connectivity index (χ2n) is 9.33. The zero-order chi connectivity index (χ0) is 22.1. The summed E-state index contributed by atoms with van der Waals surface area (Å²) in [7, 11) is 1.14. The summed E-state index contributed by atoms with van der Waals surface area (Å²) in [5.41, 5.74) is 0.0793. The van der Waals surface area contributed by atoms with E-state index in [9.17, 15) is 17.6 Å². The largest absolute Gasteiger partial charge is 0.491 e. The van der Waals surface area contributed by atoms with Gasteiger partial charge in [0.25, 0.3) is 0 Å². The molecule has 0 heterocycles. The summed E-state index contributed by atoms with van der Waals surface area (Å²) in [6, 6.07) is 4.52. The Labute approximate surface area is 181 Å². The number of hydrogen-bond donors (Lipinski definition) is 0. The second kappa shape index (κ2) is 9.22. The van der Waals surface area contributed by atoms with Crippen LogP contribution in [0.2, 0.25) is 0 Å². The van der Waals surface area contributed by atoms with Gasteiger partial charge in [0.05, 0.1) is 12.7 Å². The monoisotopic (exact) mass is 434 g/mol. The van der Waals surface area contributed by atoms with Crippen LogP contribution in [0.3, 0.4) is 0 Å². The van der Waals surface area contributed by atoms with Crippen molar-refractivity contribution in [3.63, 3.8) is 0 Å². The fourth-order valence-corrected chi connectivity index (χ4v) is 5.96. The van der Waals surface area contributed by atoms with Gasteiger partial charge in [-0.25, -0.2) is 17.6 Å². The van der Waals surface area contributed by atoms with Crippen LogP contribution in [0.5, 0.6) is 5.75 Å². The molecule has 168 valence electrons. The standard InChI is InChI=1S/C26H30F4O/c1-3-4-15-5-6-17-10-18(8-7-16(17)9-15)19-11-21(27)25(22(28)12-19)20-13-23(29)26(31-2)24(30)14-20/h11-18H,3-10H2,1-2H3/t15?,16-,17-,18-/m1/s1. The molecule has 2 aliphatic carbocycles. The van der Waals surface area contributed by atoms with E-state index < -0.39 is 34.6 Å². The molecule has 0 radical (unpaired) electrons. The summed E-state index contributed by atoms with van der Waals surface area (Å²) in [5, 5.41) is 0. The first-order valence-electron chi connectivity index (χ1n) is 11.4. The average Bonchev–Trinajstić information content (AvgIpc) is 2.73. The minimum Gasteiger partial charge on any atom is -0.491 e. The van der Waals surface area contributed by atoms with Crippen molar-refractivity contribution in [3.05, 3.63) is 53.1 Å². The molecule has 0 spiro atoms. The highest BCUT2D eigenvalue weighted by Gasteiger charge is 2.36. The van der Waals surface area contributed by atoms with Crippen LogP contribution in [0.15, 0.2) is 24.3 Å². The number of methoxy groups -OCH3 is 1. The van der Waals surface area contributed by atoms with Gasteiger partial charge in [-0.1, -0.05) is 26.2 Å². The summed E-state index contributed by atoms with van der Waals surface area (Å²) >= 11 is 0. The third-order valence-corrected chi connectivity index (χ3v) is 7.45. The molecule has 4 rings (SSSR count). The molecule has 1 nitrogen and oxygen atoms in total. The van der Waals surface area contributed by atoms with Crippen LogP contribution in [0.4, 0.5) is 17.6 Å². The van der Waals surface area contributed by atoms with Gasteiger partial charge in [-0.3, -0.25) is 0 Å². The van der Waals surface area contributed by atoms with E-state index in [0.29, 0.717) is 11.5 Å².